The Balaban J connectivity index is 1.49. The summed E-state index contributed by atoms with van der Waals surface area (Å²) in [4.78, 5) is 27.0. The molecular formula is C19H24N2O4S. The molecule has 3 rings (SSSR count). The second-order valence-electron chi connectivity index (χ2n) is 7.12. The molecule has 140 valence electrons. The first-order chi connectivity index (χ1) is 12.3. The van der Waals surface area contributed by atoms with Crippen LogP contribution in [0.2, 0.25) is 0 Å². The number of rotatable bonds is 6. The highest BCUT2D eigenvalue weighted by Gasteiger charge is 2.27. The molecule has 2 heterocycles. The van der Waals surface area contributed by atoms with Crippen molar-refractivity contribution in [2.75, 3.05) is 18.1 Å². The number of aryl methyl sites for hydroxylation is 1. The van der Waals surface area contributed by atoms with E-state index >= 15 is 0 Å². The fourth-order valence-electron chi connectivity index (χ4n) is 3.41. The quantitative estimate of drug-likeness (QED) is 0.802. The molecule has 2 aromatic rings. The van der Waals surface area contributed by atoms with Crippen LogP contribution in [0.3, 0.4) is 0 Å². The number of H-pyrrole nitrogens is 1. The highest BCUT2D eigenvalue weighted by Crippen LogP contribution is 2.22. The number of nitrogens with one attached hydrogen (secondary N) is 2. The molecule has 1 fully saturated rings. The Morgan fingerprint density at radius 2 is 2.12 bits per heavy atom. The molecule has 0 spiro atoms. The smallest absolute Gasteiger partial charge is 0.251 e. The Hall–Kier alpha value is -2.15. The van der Waals surface area contributed by atoms with Gasteiger partial charge in [0.25, 0.3) is 5.56 Å². The second kappa shape index (κ2) is 7.61. The van der Waals surface area contributed by atoms with Crippen molar-refractivity contribution < 1.29 is 13.2 Å². The van der Waals surface area contributed by atoms with Crippen molar-refractivity contribution in [1.29, 1.82) is 0 Å². The van der Waals surface area contributed by atoms with E-state index in [0.717, 1.165) is 16.5 Å². The van der Waals surface area contributed by atoms with Crippen LogP contribution in [-0.4, -0.2) is 37.4 Å². The Morgan fingerprint density at radius 3 is 2.85 bits per heavy atom. The van der Waals surface area contributed by atoms with Gasteiger partial charge in [0, 0.05) is 24.0 Å². The van der Waals surface area contributed by atoms with E-state index in [4.69, 9.17) is 0 Å². The van der Waals surface area contributed by atoms with Gasteiger partial charge in [-0.25, -0.2) is 8.42 Å². The highest BCUT2D eigenvalue weighted by molar-refractivity contribution is 7.91. The van der Waals surface area contributed by atoms with Crippen LogP contribution in [0.25, 0.3) is 10.9 Å². The third kappa shape index (κ3) is 4.72. The van der Waals surface area contributed by atoms with Crippen molar-refractivity contribution in [3.63, 3.8) is 0 Å². The number of amides is 1. The van der Waals surface area contributed by atoms with Crippen molar-refractivity contribution in [2.24, 2.45) is 5.92 Å². The van der Waals surface area contributed by atoms with Gasteiger partial charge < -0.3 is 10.3 Å². The molecule has 1 aliphatic rings. The second-order valence-corrected chi connectivity index (χ2v) is 9.35. The Bertz CT molecular complexity index is 979. The van der Waals surface area contributed by atoms with Crippen LogP contribution in [0.4, 0.5) is 0 Å². The number of sulfone groups is 1. The summed E-state index contributed by atoms with van der Waals surface area (Å²) in [6.07, 6.45) is 2.04. The zero-order chi connectivity index (χ0) is 18.7. The van der Waals surface area contributed by atoms with E-state index in [1.165, 1.54) is 0 Å². The minimum absolute atomic E-state index is 0.0949. The Morgan fingerprint density at radius 1 is 1.31 bits per heavy atom. The van der Waals surface area contributed by atoms with Crippen LogP contribution in [0.5, 0.6) is 0 Å². The van der Waals surface area contributed by atoms with E-state index in [-0.39, 0.29) is 28.9 Å². The van der Waals surface area contributed by atoms with E-state index < -0.39 is 9.84 Å². The minimum atomic E-state index is -2.89. The van der Waals surface area contributed by atoms with Crippen molar-refractivity contribution >= 4 is 26.6 Å². The van der Waals surface area contributed by atoms with Crippen LogP contribution in [0.15, 0.2) is 29.1 Å². The molecule has 1 amide bonds. The van der Waals surface area contributed by atoms with Crippen LogP contribution >= 0.6 is 0 Å². The van der Waals surface area contributed by atoms with Gasteiger partial charge in [-0.1, -0.05) is 12.1 Å². The molecule has 0 aliphatic carbocycles. The van der Waals surface area contributed by atoms with Gasteiger partial charge in [0.15, 0.2) is 9.84 Å². The van der Waals surface area contributed by atoms with Crippen LogP contribution in [-0.2, 0) is 21.1 Å². The lowest BCUT2D eigenvalue weighted by Crippen LogP contribution is -2.27. The molecule has 1 aromatic heterocycles. The van der Waals surface area contributed by atoms with E-state index in [0.29, 0.717) is 37.8 Å². The number of carbonyl (C=O) groups excluding carboxylic acids is 1. The number of aromatic nitrogens is 1. The molecule has 1 unspecified atom stereocenters. The molecule has 0 saturated carbocycles. The molecule has 6 nitrogen and oxygen atoms in total. The van der Waals surface area contributed by atoms with Gasteiger partial charge in [-0.05, 0) is 55.2 Å². The summed E-state index contributed by atoms with van der Waals surface area (Å²) in [5.74, 6) is 0.440. The normalized spacial score (nSPS) is 18.9. The highest BCUT2D eigenvalue weighted by atomic mass is 32.2. The van der Waals surface area contributed by atoms with Crippen molar-refractivity contribution in [3.05, 3.63) is 45.7 Å². The third-order valence-electron chi connectivity index (χ3n) is 4.90. The van der Waals surface area contributed by atoms with Gasteiger partial charge in [0.1, 0.15) is 0 Å². The zero-order valence-electron chi connectivity index (χ0n) is 14.9. The topological polar surface area (TPSA) is 96.1 Å². The van der Waals surface area contributed by atoms with Crippen LogP contribution < -0.4 is 10.9 Å². The minimum Gasteiger partial charge on any atom is -0.356 e. The van der Waals surface area contributed by atoms with Crippen LogP contribution in [0.1, 0.15) is 30.4 Å². The predicted molar refractivity (Wildman–Crippen MR) is 102 cm³/mol. The van der Waals surface area contributed by atoms with Crippen LogP contribution in [0, 0.1) is 12.8 Å². The van der Waals surface area contributed by atoms with Crippen molar-refractivity contribution in [1.82, 2.24) is 10.3 Å². The maximum Gasteiger partial charge on any atom is 0.251 e. The SMILES string of the molecule is Cc1ccc2cc(CCNC(=O)CCC3CCS(=O)(=O)C3)c(=O)[nH]c2c1. The number of pyridine rings is 1. The lowest BCUT2D eigenvalue weighted by atomic mass is 10.0. The molecule has 2 N–H and O–H groups in total. The zero-order valence-corrected chi connectivity index (χ0v) is 15.7. The summed E-state index contributed by atoms with van der Waals surface area (Å²) >= 11 is 0. The Labute approximate surface area is 152 Å². The lowest BCUT2D eigenvalue weighted by molar-refractivity contribution is -0.121. The standard InChI is InChI=1S/C19H24N2O4S/c1-13-2-4-15-11-16(19(23)21-17(15)10-13)6-8-20-18(22)5-3-14-7-9-26(24,25)12-14/h2,4,10-11,14H,3,5-9,12H2,1H3,(H,20,22)(H,21,23). The molecule has 1 aromatic carbocycles. The molecular weight excluding hydrogens is 352 g/mol. The molecule has 7 heteroatoms. The van der Waals surface area contributed by atoms with Crippen molar-refractivity contribution in [3.8, 4) is 0 Å². The number of benzene rings is 1. The number of hydrogen-bond acceptors (Lipinski definition) is 4. The summed E-state index contributed by atoms with van der Waals surface area (Å²) in [6, 6.07) is 7.77. The maximum atomic E-state index is 12.2. The lowest BCUT2D eigenvalue weighted by Gasteiger charge is -2.09. The summed E-state index contributed by atoms with van der Waals surface area (Å²) in [5, 5.41) is 3.79. The van der Waals surface area contributed by atoms with Gasteiger partial charge in [-0.15, -0.1) is 0 Å². The number of hydrogen-bond donors (Lipinski definition) is 2. The van der Waals surface area contributed by atoms with Crippen molar-refractivity contribution in [2.45, 2.75) is 32.6 Å². The van der Waals surface area contributed by atoms with Gasteiger partial charge in [-0.2, -0.15) is 0 Å². The summed E-state index contributed by atoms with van der Waals surface area (Å²) in [5.41, 5.74) is 2.41. The van der Waals surface area contributed by atoms with E-state index in [1.807, 2.05) is 31.2 Å². The number of aromatic amines is 1. The summed E-state index contributed by atoms with van der Waals surface area (Å²) in [6.45, 7) is 2.37. The number of fused-ring (bicyclic) bond motifs is 1. The largest absolute Gasteiger partial charge is 0.356 e. The Kier molecular flexibility index (Phi) is 5.46. The van der Waals surface area contributed by atoms with Gasteiger partial charge in [0.2, 0.25) is 5.91 Å². The molecule has 1 saturated heterocycles. The first kappa shape index (κ1) is 18.6. The third-order valence-corrected chi connectivity index (χ3v) is 6.74. The number of carbonyl (C=O) groups is 1. The molecule has 1 atom stereocenters. The molecule has 0 bridgehead atoms. The molecule has 0 radical (unpaired) electrons. The molecule has 26 heavy (non-hydrogen) atoms. The average Bonchev–Trinajstić information content (AvgIpc) is 2.92. The van der Waals surface area contributed by atoms with Gasteiger partial charge in [-0.3, -0.25) is 9.59 Å². The maximum absolute atomic E-state index is 12.2. The fourth-order valence-corrected chi connectivity index (χ4v) is 5.32. The van der Waals surface area contributed by atoms with E-state index in [1.54, 1.807) is 0 Å². The first-order valence-electron chi connectivity index (χ1n) is 8.92. The monoisotopic (exact) mass is 376 g/mol. The summed E-state index contributed by atoms with van der Waals surface area (Å²) < 4.78 is 22.9. The first-order valence-corrected chi connectivity index (χ1v) is 10.7. The van der Waals surface area contributed by atoms with E-state index in [2.05, 4.69) is 10.3 Å². The fraction of sp³-hybridized carbons (Fsp3) is 0.474. The van der Waals surface area contributed by atoms with Gasteiger partial charge in [0.05, 0.1) is 11.5 Å². The predicted octanol–water partition coefficient (Wildman–Crippen LogP) is 1.71. The molecule has 1 aliphatic heterocycles. The van der Waals surface area contributed by atoms with E-state index in [9.17, 15) is 18.0 Å². The summed E-state index contributed by atoms with van der Waals surface area (Å²) in [7, 11) is -2.89. The average molecular weight is 376 g/mol. The van der Waals surface area contributed by atoms with Gasteiger partial charge >= 0.3 is 0 Å².